The van der Waals surface area contributed by atoms with Crippen molar-refractivity contribution in [3.05, 3.63) is 0 Å². The van der Waals surface area contributed by atoms with E-state index >= 15 is 0 Å². The lowest BCUT2D eigenvalue weighted by atomic mass is 9.94. The van der Waals surface area contributed by atoms with Gasteiger partial charge in [-0.25, -0.2) is 0 Å². The van der Waals surface area contributed by atoms with E-state index in [1.54, 1.807) is 0 Å². The van der Waals surface area contributed by atoms with E-state index in [-0.39, 0.29) is 23.7 Å². The van der Waals surface area contributed by atoms with Crippen molar-refractivity contribution >= 4 is 23.9 Å². The molecule has 0 heterocycles. The first-order chi connectivity index (χ1) is 64.9. The molecule has 0 aliphatic carbocycles. The van der Waals surface area contributed by atoms with E-state index in [0.29, 0.717) is 0 Å². The molecule has 0 saturated heterocycles. The third-order valence-electron chi connectivity index (χ3n) is 29.6. The number of aliphatic carboxylic acids is 4. The van der Waals surface area contributed by atoms with Crippen molar-refractivity contribution in [2.75, 3.05) is 0 Å². The molecule has 8 nitrogen and oxygen atoms in total. The number of carboxylic acid groups (broad SMARTS) is 4. The van der Waals surface area contributed by atoms with Crippen molar-refractivity contribution in [1.82, 2.24) is 0 Å². The molecule has 0 fully saturated rings. The van der Waals surface area contributed by atoms with Crippen LogP contribution in [0.5, 0.6) is 0 Å². The summed E-state index contributed by atoms with van der Waals surface area (Å²) in [5.41, 5.74) is 0. The molecule has 0 amide bonds. The van der Waals surface area contributed by atoms with E-state index in [9.17, 15) is 39.6 Å². The summed E-state index contributed by atoms with van der Waals surface area (Å²) in [6.45, 7) is 18.2. The second kappa shape index (κ2) is 125. The molecule has 132 heavy (non-hydrogen) atoms. The summed E-state index contributed by atoms with van der Waals surface area (Å²) in [7, 11) is 0. The fourth-order valence-electron chi connectivity index (χ4n) is 20.1. The minimum atomic E-state index is -0.560. The first-order valence-corrected chi connectivity index (χ1v) is 61.8. The molecule has 0 bridgehead atoms. The minimum absolute atomic E-state index is 0.0960. The van der Waals surface area contributed by atoms with E-state index < -0.39 is 23.9 Å². The Morgan fingerprint density at radius 2 is 0.159 bits per heavy atom. The Labute approximate surface area is 830 Å². The second-order valence-electron chi connectivity index (χ2n) is 43.0. The van der Waals surface area contributed by atoms with Crippen LogP contribution in [-0.4, -0.2) is 44.3 Å². The van der Waals surface area contributed by atoms with Crippen molar-refractivity contribution in [1.29, 1.82) is 0 Å². The van der Waals surface area contributed by atoms with Crippen LogP contribution >= 0.6 is 0 Å². The molecule has 0 saturated carbocycles. The van der Waals surface area contributed by atoms with Gasteiger partial charge in [-0.15, -0.1) is 0 Å². The fraction of sp³-hybridized carbons (Fsp3) is 0.968. The van der Waals surface area contributed by atoms with Gasteiger partial charge in [-0.1, -0.05) is 697 Å². The van der Waals surface area contributed by atoms with Crippen LogP contribution in [0.2, 0.25) is 0 Å². The number of rotatable bonds is 112. The molecule has 0 aromatic carbocycles. The van der Waals surface area contributed by atoms with Crippen LogP contribution in [0.15, 0.2) is 0 Å². The van der Waals surface area contributed by atoms with Gasteiger partial charge < -0.3 is 20.4 Å². The van der Waals surface area contributed by atoms with Crippen LogP contribution in [0.3, 0.4) is 0 Å². The molecule has 3 atom stereocenters. The number of carboxylic acids is 4. The second-order valence-corrected chi connectivity index (χ2v) is 43.0. The van der Waals surface area contributed by atoms with E-state index in [1.165, 1.54) is 591 Å². The highest BCUT2D eigenvalue weighted by Gasteiger charge is 2.20. The highest BCUT2D eigenvalue weighted by atomic mass is 16.4. The third kappa shape index (κ3) is 122. The van der Waals surface area contributed by atoms with Crippen molar-refractivity contribution in [3.63, 3.8) is 0 Å². The van der Waals surface area contributed by atoms with Gasteiger partial charge >= 0.3 is 23.9 Å². The average Bonchev–Trinajstić information content (AvgIpc) is 0.981. The summed E-state index contributed by atoms with van der Waals surface area (Å²) in [6, 6.07) is 0. The Kier molecular flexibility index (Phi) is 129. The Balaban J connectivity index is -0.000000828. The quantitative estimate of drug-likeness (QED) is 0.0440. The maximum Gasteiger partial charge on any atom is 0.306 e. The number of hydrogen-bond acceptors (Lipinski definition) is 4. The summed E-state index contributed by atoms with van der Waals surface area (Å²) < 4.78 is 0. The van der Waals surface area contributed by atoms with Crippen molar-refractivity contribution in [3.8, 4) is 0 Å². The van der Waals surface area contributed by atoms with Gasteiger partial charge in [-0.3, -0.25) is 19.2 Å². The van der Waals surface area contributed by atoms with Gasteiger partial charge in [0.05, 0.1) is 23.7 Å². The van der Waals surface area contributed by atoms with Gasteiger partial charge in [0.1, 0.15) is 0 Å². The zero-order chi connectivity index (χ0) is 97.0. The van der Waals surface area contributed by atoms with Gasteiger partial charge in [0, 0.05) is 0 Å². The average molecular weight is 1870 g/mol. The maximum atomic E-state index is 11.6. The van der Waals surface area contributed by atoms with Gasteiger partial charge in [0.25, 0.3) is 0 Å². The molecular weight excluding hydrogens is 1620 g/mol. The summed E-state index contributed by atoms with van der Waals surface area (Å²) in [5.74, 6) is -2.62. The van der Waals surface area contributed by atoms with E-state index in [1.807, 2.05) is 0 Å². The smallest absolute Gasteiger partial charge is 0.306 e. The predicted octanol–water partition coefficient (Wildman–Crippen LogP) is 45.0. The topological polar surface area (TPSA) is 149 Å². The van der Waals surface area contributed by atoms with Crippen LogP contribution < -0.4 is 0 Å². The first-order valence-electron chi connectivity index (χ1n) is 61.8. The van der Waals surface area contributed by atoms with E-state index in [0.717, 1.165) is 103 Å². The highest BCUT2D eigenvalue weighted by Crippen LogP contribution is 2.28. The third-order valence-corrected chi connectivity index (χ3v) is 29.6. The molecule has 0 aromatic rings. The van der Waals surface area contributed by atoms with Crippen LogP contribution in [0.25, 0.3) is 0 Å². The molecule has 0 aliphatic heterocycles. The molecule has 0 rings (SSSR count). The standard InChI is InChI=1S/2C32H64O2.2C30H60O2/c1-3-5-7-9-11-13-15-16-17-18-19-20-22-24-26-28-30-31(32(33)34)29-27-25-23-21-14-12-10-8-6-4-2;1-3-5-7-9-11-13-15-17-18-20-22-24-26-28-30-31(32(33)34)29-27-25-23-21-19-16-14-12-10-8-6-4-2;1-3-5-7-9-11-13-15-16-17-18-20-22-24-26-28-29(30(31)32)27-25-23-21-19-14-12-10-8-6-4-2;1-3-5-7-9-11-13-15-17-19-21-23-25-27-29(30(31)32)28-26-24-22-20-18-16-14-12-10-8-6-4-2/h2*31H,3-30H2,1-2H3,(H,33,34);2*29H,3-28H2,1-2H3,(H,31,32). The van der Waals surface area contributed by atoms with E-state index in [4.69, 9.17) is 0 Å². The summed E-state index contributed by atoms with van der Waals surface area (Å²) in [6.07, 6.45) is 142. The van der Waals surface area contributed by atoms with Crippen LogP contribution in [0.1, 0.15) is 749 Å². The largest absolute Gasteiger partial charge is 0.481 e. The lowest BCUT2D eigenvalue weighted by Gasteiger charge is -2.12. The zero-order valence-corrected chi connectivity index (χ0v) is 92.1. The minimum Gasteiger partial charge on any atom is -0.481 e. The summed E-state index contributed by atoms with van der Waals surface area (Å²) in [5, 5.41) is 38.1. The molecular formula is C124H248O8. The van der Waals surface area contributed by atoms with Crippen molar-refractivity contribution < 1.29 is 39.6 Å². The number of carbonyl (C=O) groups is 4. The Morgan fingerprint density at radius 1 is 0.106 bits per heavy atom. The lowest BCUT2D eigenvalue weighted by Crippen LogP contribution is -2.13. The van der Waals surface area contributed by atoms with E-state index in [2.05, 4.69) is 55.4 Å². The van der Waals surface area contributed by atoms with Gasteiger partial charge in [0.15, 0.2) is 0 Å². The number of hydrogen-bond donors (Lipinski definition) is 4. The Hall–Kier alpha value is -2.12. The van der Waals surface area contributed by atoms with Gasteiger partial charge in [-0.05, 0) is 51.4 Å². The summed E-state index contributed by atoms with van der Waals surface area (Å²) in [4.78, 5) is 46.3. The molecule has 3 unspecified atom stereocenters. The highest BCUT2D eigenvalue weighted by molar-refractivity contribution is 5.71. The molecule has 0 radical (unpaired) electrons. The first kappa shape index (κ1) is 136. The molecule has 792 valence electrons. The molecule has 4 N–H and O–H groups in total. The monoisotopic (exact) mass is 1870 g/mol. The Bertz CT molecular complexity index is 2060. The fourth-order valence-corrected chi connectivity index (χ4v) is 20.1. The predicted molar refractivity (Wildman–Crippen MR) is 589 cm³/mol. The molecule has 0 spiro atoms. The van der Waals surface area contributed by atoms with Crippen molar-refractivity contribution in [2.24, 2.45) is 23.7 Å². The van der Waals surface area contributed by atoms with Crippen LogP contribution in [0.4, 0.5) is 0 Å². The number of unbranched alkanes of at least 4 members (excludes halogenated alkanes) is 92. The summed E-state index contributed by atoms with van der Waals surface area (Å²) >= 11 is 0. The van der Waals surface area contributed by atoms with Crippen molar-refractivity contribution in [2.45, 2.75) is 749 Å². The van der Waals surface area contributed by atoms with Crippen LogP contribution in [0, 0.1) is 23.7 Å². The maximum absolute atomic E-state index is 11.6. The zero-order valence-electron chi connectivity index (χ0n) is 92.1. The van der Waals surface area contributed by atoms with Crippen LogP contribution in [-0.2, 0) is 19.2 Å². The Morgan fingerprint density at radius 3 is 0.212 bits per heavy atom. The molecule has 0 aromatic heterocycles. The lowest BCUT2D eigenvalue weighted by molar-refractivity contribution is -0.143. The normalized spacial score (nSPS) is 12.1. The molecule has 8 heteroatoms. The SMILES string of the molecule is CCCCCCCCCCCCCCC(CCCCCCCCCCCCCC)C(=O)O.CCCCCCCCCCCCCCCCC(CCCCCCCCCCCC)C(=O)O.CCCCCCCCCCCCCCCCC(CCCCCCCCCCCCCC)C(=O)O.CCCCCCCCCCCCCCCCCCC(CCCCCCCCCCCC)C(=O)O. The molecule has 0 aliphatic rings. The van der Waals surface area contributed by atoms with Gasteiger partial charge in [0.2, 0.25) is 0 Å². The van der Waals surface area contributed by atoms with Gasteiger partial charge in [-0.2, -0.15) is 0 Å².